The van der Waals surface area contributed by atoms with Gasteiger partial charge in [-0.2, -0.15) is 5.10 Å². The molecule has 0 saturated heterocycles. The molecule has 6 heteroatoms. The summed E-state index contributed by atoms with van der Waals surface area (Å²) in [5.74, 6) is -0.0178. The first kappa shape index (κ1) is 12.8. The summed E-state index contributed by atoms with van der Waals surface area (Å²) in [6.45, 7) is 1.79. The van der Waals surface area contributed by atoms with Crippen molar-refractivity contribution in [2.45, 2.75) is 18.7 Å². The van der Waals surface area contributed by atoms with Crippen LogP contribution in [-0.4, -0.2) is 18.6 Å². The molecule has 1 aromatic carbocycles. The first-order chi connectivity index (χ1) is 8.57. The quantitative estimate of drug-likeness (QED) is 0.862. The highest BCUT2D eigenvalue weighted by Gasteiger charge is 2.16. The van der Waals surface area contributed by atoms with Gasteiger partial charge in [0.05, 0.1) is 11.9 Å². The first-order valence-corrected chi connectivity index (χ1v) is 7.25. The summed E-state index contributed by atoms with van der Waals surface area (Å²) in [6, 6.07) is 8.80. The van der Waals surface area contributed by atoms with Crippen LogP contribution in [0, 0.1) is 0 Å². The Kier molecular flexibility index (Phi) is 3.78. The van der Waals surface area contributed by atoms with Gasteiger partial charge in [0.1, 0.15) is 0 Å². The van der Waals surface area contributed by atoms with E-state index in [-0.39, 0.29) is 11.8 Å². The molecule has 0 saturated carbocycles. The fourth-order valence-corrected chi connectivity index (χ4v) is 3.06. The van der Waals surface area contributed by atoms with E-state index in [1.807, 2.05) is 18.2 Å². The summed E-state index contributed by atoms with van der Waals surface area (Å²) in [6.07, 6.45) is 3.28. The average Bonchev–Trinajstić information content (AvgIpc) is 2.82. The summed E-state index contributed by atoms with van der Waals surface area (Å²) in [4.78, 5) is 0. The summed E-state index contributed by atoms with van der Waals surface area (Å²) < 4.78 is 26.5. The molecule has 0 aliphatic carbocycles. The van der Waals surface area contributed by atoms with Crippen LogP contribution in [0.15, 0.2) is 42.7 Å². The number of hydrogen-bond acceptors (Lipinski definition) is 3. The number of hydrogen-bond donors (Lipinski definition) is 2. The number of aromatic nitrogens is 2. The molecule has 0 fully saturated rings. The Hall–Kier alpha value is -1.66. The molecule has 2 N–H and O–H groups in total. The molecule has 1 unspecified atom stereocenters. The van der Waals surface area contributed by atoms with E-state index in [0.29, 0.717) is 0 Å². The topological polar surface area (TPSA) is 74.8 Å². The maximum atomic E-state index is 12.0. The monoisotopic (exact) mass is 265 g/mol. The normalized spacial score (nSPS) is 13.4. The van der Waals surface area contributed by atoms with Gasteiger partial charge in [-0.15, -0.1) is 0 Å². The molecule has 0 radical (unpaired) electrons. The lowest BCUT2D eigenvalue weighted by atomic mass is 10.2. The van der Waals surface area contributed by atoms with E-state index in [1.165, 1.54) is 0 Å². The number of nitrogens with zero attached hydrogens (tertiary/aromatic N) is 1. The SMILES string of the molecule is CC(NS(=O)(=O)Cc1ccccc1)c1cn[nH]c1. The Balaban J connectivity index is 2.04. The van der Waals surface area contributed by atoms with E-state index in [1.54, 1.807) is 31.5 Å². The van der Waals surface area contributed by atoms with Crippen LogP contribution in [0.25, 0.3) is 0 Å². The van der Waals surface area contributed by atoms with E-state index in [0.717, 1.165) is 11.1 Å². The maximum absolute atomic E-state index is 12.0. The molecule has 18 heavy (non-hydrogen) atoms. The van der Waals surface area contributed by atoms with Crippen LogP contribution < -0.4 is 4.72 Å². The van der Waals surface area contributed by atoms with E-state index >= 15 is 0 Å². The third-order valence-electron chi connectivity index (χ3n) is 2.58. The molecular formula is C12H15N3O2S. The van der Waals surface area contributed by atoms with Crippen LogP contribution >= 0.6 is 0 Å². The molecule has 0 aliphatic rings. The van der Waals surface area contributed by atoms with Crippen molar-refractivity contribution >= 4 is 10.0 Å². The highest BCUT2D eigenvalue weighted by molar-refractivity contribution is 7.88. The minimum Gasteiger partial charge on any atom is -0.285 e. The Morgan fingerprint density at radius 1 is 1.33 bits per heavy atom. The summed E-state index contributed by atoms with van der Waals surface area (Å²) >= 11 is 0. The van der Waals surface area contributed by atoms with Crippen molar-refractivity contribution in [3.05, 3.63) is 53.9 Å². The summed E-state index contributed by atoms with van der Waals surface area (Å²) in [7, 11) is -3.35. The Labute approximate surface area is 106 Å². The van der Waals surface area contributed by atoms with Gasteiger partial charge < -0.3 is 0 Å². The third kappa shape index (κ3) is 3.41. The first-order valence-electron chi connectivity index (χ1n) is 5.59. The van der Waals surface area contributed by atoms with Gasteiger partial charge in [0, 0.05) is 17.8 Å². The smallest absolute Gasteiger partial charge is 0.216 e. The second-order valence-electron chi connectivity index (χ2n) is 4.12. The molecule has 0 aliphatic heterocycles. The van der Waals surface area contributed by atoms with Gasteiger partial charge in [-0.1, -0.05) is 30.3 Å². The van der Waals surface area contributed by atoms with Crippen LogP contribution in [-0.2, 0) is 15.8 Å². The number of sulfonamides is 1. The molecule has 0 spiro atoms. The van der Waals surface area contributed by atoms with Gasteiger partial charge in [0.25, 0.3) is 0 Å². The molecule has 2 rings (SSSR count). The summed E-state index contributed by atoms with van der Waals surface area (Å²) in [5.41, 5.74) is 1.58. The number of nitrogens with one attached hydrogen (secondary N) is 2. The van der Waals surface area contributed by atoms with Crippen LogP contribution in [0.4, 0.5) is 0 Å². The lowest BCUT2D eigenvalue weighted by Gasteiger charge is -2.12. The van der Waals surface area contributed by atoms with Crippen molar-refractivity contribution in [3.8, 4) is 0 Å². The Morgan fingerprint density at radius 3 is 2.67 bits per heavy atom. The van der Waals surface area contributed by atoms with Crippen molar-refractivity contribution < 1.29 is 8.42 Å². The minimum atomic E-state index is -3.35. The zero-order valence-electron chi connectivity index (χ0n) is 10.00. The largest absolute Gasteiger partial charge is 0.285 e. The number of benzene rings is 1. The predicted octanol–water partition coefficient (Wildman–Crippen LogP) is 1.59. The summed E-state index contributed by atoms with van der Waals surface area (Å²) in [5, 5.41) is 6.46. The lowest BCUT2D eigenvalue weighted by Crippen LogP contribution is -2.27. The Morgan fingerprint density at radius 2 is 2.06 bits per heavy atom. The van der Waals surface area contributed by atoms with Gasteiger partial charge >= 0.3 is 0 Å². The zero-order valence-corrected chi connectivity index (χ0v) is 10.8. The van der Waals surface area contributed by atoms with Gasteiger partial charge in [0.2, 0.25) is 10.0 Å². The number of aromatic amines is 1. The highest BCUT2D eigenvalue weighted by atomic mass is 32.2. The van der Waals surface area contributed by atoms with E-state index in [4.69, 9.17) is 0 Å². The molecule has 0 bridgehead atoms. The van der Waals surface area contributed by atoms with Crippen LogP contribution in [0.5, 0.6) is 0 Å². The van der Waals surface area contributed by atoms with Crippen molar-refractivity contribution in [3.63, 3.8) is 0 Å². The second kappa shape index (κ2) is 5.32. The molecular weight excluding hydrogens is 250 g/mol. The Bertz CT molecular complexity index is 579. The molecule has 96 valence electrons. The molecule has 1 atom stereocenters. The third-order valence-corrected chi connectivity index (χ3v) is 4.00. The van der Waals surface area contributed by atoms with Crippen LogP contribution in [0.2, 0.25) is 0 Å². The van der Waals surface area contributed by atoms with E-state index in [2.05, 4.69) is 14.9 Å². The number of H-pyrrole nitrogens is 1. The number of rotatable bonds is 5. The molecule has 0 amide bonds. The molecule has 5 nitrogen and oxygen atoms in total. The van der Waals surface area contributed by atoms with Crippen molar-refractivity contribution in [2.75, 3.05) is 0 Å². The predicted molar refractivity (Wildman–Crippen MR) is 69.2 cm³/mol. The van der Waals surface area contributed by atoms with Crippen molar-refractivity contribution in [2.24, 2.45) is 0 Å². The van der Waals surface area contributed by atoms with Gasteiger partial charge in [-0.25, -0.2) is 13.1 Å². The maximum Gasteiger partial charge on any atom is 0.216 e. The van der Waals surface area contributed by atoms with Gasteiger partial charge in [-0.3, -0.25) is 5.10 Å². The zero-order chi connectivity index (χ0) is 13.0. The highest BCUT2D eigenvalue weighted by Crippen LogP contribution is 2.12. The average molecular weight is 265 g/mol. The fourth-order valence-electron chi connectivity index (χ4n) is 1.67. The molecule has 2 aromatic rings. The van der Waals surface area contributed by atoms with Crippen molar-refractivity contribution in [1.29, 1.82) is 0 Å². The van der Waals surface area contributed by atoms with Gasteiger partial charge in [0.15, 0.2) is 0 Å². The van der Waals surface area contributed by atoms with Crippen LogP contribution in [0.3, 0.4) is 0 Å². The van der Waals surface area contributed by atoms with Crippen LogP contribution in [0.1, 0.15) is 24.1 Å². The fraction of sp³-hybridized carbons (Fsp3) is 0.250. The molecule has 1 aromatic heterocycles. The second-order valence-corrected chi connectivity index (χ2v) is 5.87. The minimum absolute atomic E-state index is 0.0178. The van der Waals surface area contributed by atoms with Crippen molar-refractivity contribution in [1.82, 2.24) is 14.9 Å². The van der Waals surface area contributed by atoms with Gasteiger partial charge in [-0.05, 0) is 12.5 Å². The van der Waals surface area contributed by atoms with E-state index in [9.17, 15) is 8.42 Å². The van der Waals surface area contributed by atoms with E-state index < -0.39 is 10.0 Å². The standard InChI is InChI=1S/C12H15N3O2S/c1-10(12-7-13-14-8-12)15-18(16,17)9-11-5-3-2-4-6-11/h2-8,10,15H,9H2,1H3,(H,13,14). The lowest BCUT2D eigenvalue weighted by molar-refractivity contribution is 0.566. The molecule has 1 heterocycles.